The van der Waals surface area contributed by atoms with E-state index in [1.54, 1.807) is 19.1 Å². The molecule has 0 saturated carbocycles. The van der Waals surface area contributed by atoms with Gasteiger partial charge in [0.15, 0.2) is 23.1 Å². The summed E-state index contributed by atoms with van der Waals surface area (Å²) in [5.74, 6) is -0.0539. The standard InChI is InChI=1S/C27H19ClF4N4O4/c1-13-8-16-20(36(13)26(37)35-14-4-5-18(28)17(9-14)27(30,31)32)6-7-21(24(16)29)40-25-15-10-22(38-2)23(39-3)11-19(15)33-12-34-25/h4-12H,1-3H3,(H,35,37). The van der Waals surface area contributed by atoms with E-state index in [0.717, 1.165) is 16.7 Å². The highest BCUT2D eigenvalue weighted by atomic mass is 35.5. The van der Waals surface area contributed by atoms with Crippen LogP contribution in [0.25, 0.3) is 21.8 Å². The van der Waals surface area contributed by atoms with Crippen molar-refractivity contribution in [1.82, 2.24) is 14.5 Å². The Balaban J connectivity index is 1.49. The van der Waals surface area contributed by atoms with Gasteiger partial charge in [-0.05, 0) is 49.4 Å². The van der Waals surface area contributed by atoms with Crippen LogP contribution in [0.2, 0.25) is 5.02 Å². The Hall–Kier alpha value is -4.58. The zero-order chi connectivity index (χ0) is 28.8. The summed E-state index contributed by atoms with van der Waals surface area (Å²) in [6.45, 7) is 1.56. The number of hydrogen-bond donors (Lipinski definition) is 1. The molecule has 8 nitrogen and oxygen atoms in total. The van der Waals surface area contributed by atoms with Crippen LogP contribution < -0.4 is 19.5 Å². The van der Waals surface area contributed by atoms with Gasteiger partial charge in [-0.15, -0.1) is 0 Å². The average Bonchev–Trinajstić information content (AvgIpc) is 3.26. The molecule has 3 aromatic carbocycles. The maximum Gasteiger partial charge on any atom is 0.417 e. The molecule has 0 fully saturated rings. The van der Waals surface area contributed by atoms with Crippen molar-refractivity contribution in [2.75, 3.05) is 19.5 Å². The van der Waals surface area contributed by atoms with Gasteiger partial charge in [0.2, 0.25) is 5.88 Å². The fourth-order valence-electron chi connectivity index (χ4n) is 4.25. The number of fused-ring (bicyclic) bond motifs is 2. The number of anilines is 1. The molecule has 2 heterocycles. The van der Waals surface area contributed by atoms with Crippen molar-refractivity contribution >= 4 is 45.1 Å². The van der Waals surface area contributed by atoms with Crippen LogP contribution in [0.4, 0.5) is 28.0 Å². The lowest BCUT2D eigenvalue weighted by Gasteiger charge is -2.14. The van der Waals surface area contributed by atoms with Crippen LogP contribution in [-0.2, 0) is 6.18 Å². The highest BCUT2D eigenvalue weighted by molar-refractivity contribution is 6.31. The zero-order valence-electron chi connectivity index (χ0n) is 21.1. The number of aryl methyl sites for hydroxylation is 1. The summed E-state index contributed by atoms with van der Waals surface area (Å²) < 4.78 is 72.9. The minimum absolute atomic E-state index is 0.0508. The predicted octanol–water partition coefficient (Wildman–Crippen LogP) is 7.59. The number of aromatic nitrogens is 3. The molecule has 0 aliphatic carbocycles. The molecule has 0 aliphatic heterocycles. The van der Waals surface area contributed by atoms with E-state index in [1.807, 2.05) is 0 Å². The average molecular weight is 575 g/mol. The Kier molecular flexibility index (Phi) is 6.88. The number of carbonyl (C=O) groups excluding carboxylic acids is 1. The molecule has 1 amide bonds. The van der Waals surface area contributed by atoms with Crippen molar-refractivity contribution in [2.45, 2.75) is 13.1 Å². The third-order valence-electron chi connectivity index (χ3n) is 6.11. The predicted molar refractivity (Wildman–Crippen MR) is 140 cm³/mol. The summed E-state index contributed by atoms with van der Waals surface area (Å²) >= 11 is 5.66. The van der Waals surface area contributed by atoms with Gasteiger partial charge in [0.1, 0.15) is 6.33 Å². The summed E-state index contributed by atoms with van der Waals surface area (Å²) in [5, 5.41) is 2.39. The third kappa shape index (κ3) is 4.81. The Morgan fingerprint density at radius 3 is 2.38 bits per heavy atom. The lowest BCUT2D eigenvalue weighted by atomic mass is 10.2. The fraction of sp³-hybridized carbons (Fsp3) is 0.148. The SMILES string of the molecule is COc1cc2ncnc(Oc3ccc4c(cc(C)n4C(=O)Nc4ccc(Cl)c(C(F)(F)F)c4)c3F)c2cc1OC. The number of rotatable bonds is 5. The minimum atomic E-state index is -4.71. The van der Waals surface area contributed by atoms with Crippen LogP contribution >= 0.6 is 11.6 Å². The maximum absolute atomic E-state index is 15.6. The summed E-state index contributed by atoms with van der Waals surface area (Å²) in [7, 11) is 2.95. The molecule has 5 aromatic rings. The Morgan fingerprint density at radius 1 is 0.950 bits per heavy atom. The molecule has 13 heteroatoms. The fourth-order valence-corrected chi connectivity index (χ4v) is 4.48. The zero-order valence-corrected chi connectivity index (χ0v) is 21.8. The van der Waals surface area contributed by atoms with E-state index in [-0.39, 0.29) is 28.2 Å². The first-order valence-electron chi connectivity index (χ1n) is 11.5. The number of amides is 1. The van der Waals surface area contributed by atoms with E-state index < -0.39 is 28.6 Å². The number of nitrogens with zero attached hydrogens (tertiary/aromatic N) is 3. The molecule has 40 heavy (non-hydrogen) atoms. The van der Waals surface area contributed by atoms with Crippen LogP contribution in [-0.4, -0.2) is 34.8 Å². The quantitative estimate of drug-likeness (QED) is 0.218. The summed E-state index contributed by atoms with van der Waals surface area (Å²) in [6, 6.07) is 9.63. The molecule has 0 saturated heterocycles. The number of methoxy groups -OCH3 is 2. The van der Waals surface area contributed by atoms with E-state index in [0.29, 0.717) is 28.1 Å². The second-order valence-corrected chi connectivity index (χ2v) is 8.97. The van der Waals surface area contributed by atoms with Gasteiger partial charge in [-0.2, -0.15) is 13.2 Å². The maximum atomic E-state index is 15.6. The van der Waals surface area contributed by atoms with Gasteiger partial charge in [-0.3, -0.25) is 4.57 Å². The van der Waals surface area contributed by atoms with Gasteiger partial charge < -0.3 is 19.5 Å². The van der Waals surface area contributed by atoms with Crippen LogP contribution in [0.3, 0.4) is 0 Å². The number of ether oxygens (including phenoxy) is 3. The monoisotopic (exact) mass is 574 g/mol. The first-order chi connectivity index (χ1) is 19.0. The van der Waals surface area contributed by atoms with Crippen molar-refractivity contribution < 1.29 is 36.6 Å². The largest absolute Gasteiger partial charge is 0.493 e. The summed E-state index contributed by atoms with van der Waals surface area (Å²) in [4.78, 5) is 21.4. The first-order valence-corrected chi connectivity index (χ1v) is 11.9. The highest BCUT2D eigenvalue weighted by Gasteiger charge is 2.33. The smallest absolute Gasteiger partial charge is 0.417 e. The first kappa shape index (κ1) is 27.0. The molecule has 0 spiro atoms. The van der Waals surface area contributed by atoms with Gasteiger partial charge in [-0.1, -0.05) is 11.6 Å². The van der Waals surface area contributed by atoms with E-state index in [2.05, 4.69) is 15.3 Å². The Morgan fingerprint density at radius 2 is 1.68 bits per heavy atom. The highest BCUT2D eigenvalue weighted by Crippen LogP contribution is 2.38. The lowest BCUT2D eigenvalue weighted by molar-refractivity contribution is -0.137. The van der Waals surface area contributed by atoms with Crippen LogP contribution in [0.15, 0.2) is 54.9 Å². The van der Waals surface area contributed by atoms with Crippen LogP contribution in [0, 0.1) is 12.7 Å². The molecule has 0 aliphatic rings. The van der Waals surface area contributed by atoms with E-state index >= 15 is 4.39 Å². The van der Waals surface area contributed by atoms with Crippen molar-refractivity contribution in [2.24, 2.45) is 0 Å². The van der Waals surface area contributed by atoms with Crippen LogP contribution in [0.1, 0.15) is 11.3 Å². The van der Waals surface area contributed by atoms with E-state index in [4.69, 9.17) is 25.8 Å². The number of halogens is 5. The van der Waals surface area contributed by atoms with Gasteiger partial charge in [0, 0.05) is 22.8 Å². The molecule has 0 radical (unpaired) electrons. The lowest BCUT2D eigenvalue weighted by Crippen LogP contribution is -2.20. The molecule has 2 aromatic heterocycles. The van der Waals surface area contributed by atoms with Crippen molar-refractivity contribution in [3.05, 3.63) is 77.0 Å². The van der Waals surface area contributed by atoms with Gasteiger partial charge >= 0.3 is 12.2 Å². The Bertz CT molecular complexity index is 1790. The van der Waals surface area contributed by atoms with Crippen molar-refractivity contribution in [3.8, 4) is 23.1 Å². The van der Waals surface area contributed by atoms with E-state index in [9.17, 15) is 18.0 Å². The van der Waals surface area contributed by atoms with E-state index in [1.165, 1.54) is 44.8 Å². The molecule has 5 rings (SSSR count). The van der Waals surface area contributed by atoms with Gasteiger partial charge in [-0.25, -0.2) is 19.2 Å². The number of carbonyl (C=O) groups is 1. The molecule has 206 valence electrons. The summed E-state index contributed by atoms with van der Waals surface area (Å²) in [5.41, 5.74) is -0.256. The normalized spacial score (nSPS) is 11.6. The summed E-state index contributed by atoms with van der Waals surface area (Å²) in [6.07, 6.45) is -3.45. The molecule has 0 bridgehead atoms. The van der Waals surface area contributed by atoms with Crippen molar-refractivity contribution in [3.63, 3.8) is 0 Å². The van der Waals surface area contributed by atoms with Gasteiger partial charge in [0.25, 0.3) is 0 Å². The van der Waals surface area contributed by atoms with Crippen LogP contribution in [0.5, 0.6) is 23.1 Å². The molecular weight excluding hydrogens is 556 g/mol. The number of benzene rings is 3. The third-order valence-corrected chi connectivity index (χ3v) is 6.43. The van der Waals surface area contributed by atoms with Crippen molar-refractivity contribution in [1.29, 1.82) is 0 Å². The Labute approximate surface area is 229 Å². The molecule has 0 unspecified atom stereocenters. The number of hydrogen-bond acceptors (Lipinski definition) is 6. The topological polar surface area (TPSA) is 87.5 Å². The van der Waals surface area contributed by atoms with Gasteiger partial charge in [0.05, 0.1) is 41.2 Å². The second kappa shape index (κ2) is 10.2. The number of alkyl halides is 3. The second-order valence-electron chi connectivity index (χ2n) is 8.56. The minimum Gasteiger partial charge on any atom is -0.493 e. The number of nitrogens with one attached hydrogen (secondary N) is 1. The molecular formula is C27H19ClF4N4O4. The molecule has 1 N–H and O–H groups in total. The molecule has 0 atom stereocenters.